The van der Waals surface area contributed by atoms with Crippen LogP contribution in [0.25, 0.3) is 0 Å². The fourth-order valence-electron chi connectivity index (χ4n) is 2.44. The first-order chi connectivity index (χ1) is 13.0. The maximum atomic E-state index is 12.3. The van der Waals surface area contributed by atoms with Crippen LogP contribution in [0.5, 0.6) is 11.6 Å². The summed E-state index contributed by atoms with van der Waals surface area (Å²) in [6.07, 6.45) is 2.43. The molecule has 0 bridgehead atoms. The highest BCUT2D eigenvalue weighted by atomic mass is 16.5. The lowest BCUT2D eigenvalue weighted by Crippen LogP contribution is -2.12. The van der Waals surface area contributed by atoms with Crippen LogP contribution in [-0.2, 0) is 6.42 Å². The summed E-state index contributed by atoms with van der Waals surface area (Å²) in [5.74, 6) is 0.0502. The summed E-state index contributed by atoms with van der Waals surface area (Å²) in [4.78, 5) is 27.7. The second-order valence-corrected chi connectivity index (χ2v) is 5.88. The topological polar surface area (TPSA) is 94.3 Å². The standard InChI is InChI=1S/C21H19N3O3/c1-2-14-6-8-15(9-7-14)21(26)24-17-10-11-19(23-13-17)27-18-5-3-4-16(12-18)20(22)25/h3-13H,2H2,1H3,(H2,22,25)(H,24,26). The number of ether oxygens (including phenoxy) is 1. The molecule has 6 nitrogen and oxygen atoms in total. The average Bonchev–Trinajstić information content (AvgIpc) is 2.69. The van der Waals surface area contributed by atoms with Crippen molar-refractivity contribution in [3.63, 3.8) is 0 Å². The van der Waals surface area contributed by atoms with E-state index < -0.39 is 5.91 Å². The Bertz CT molecular complexity index is 951. The molecule has 6 heteroatoms. The monoisotopic (exact) mass is 361 g/mol. The molecule has 0 aliphatic carbocycles. The maximum Gasteiger partial charge on any atom is 0.255 e. The average molecular weight is 361 g/mol. The van der Waals surface area contributed by atoms with Gasteiger partial charge >= 0.3 is 0 Å². The number of hydrogen-bond acceptors (Lipinski definition) is 4. The molecule has 0 saturated heterocycles. The molecule has 0 aliphatic rings. The molecule has 136 valence electrons. The molecule has 0 unspecified atom stereocenters. The van der Waals surface area contributed by atoms with Crippen molar-refractivity contribution in [2.24, 2.45) is 5.73 Å². The van der Waals surface area contributed by atoms with E-state index in [1.54, 1.807) is 48.5 Å². The van der Waals surface area contributed by atoms with E-state index in [2.05, 4.69) is 17.2 Å². The van der Waals surface area contributed by atoms with E-state index in [1.807, 2.05) is 12.1 Å². The minimum Gasteiger partial charge on any atom is -0.439 e. The molecule has 2 amide bonds. The zero-order valence-corrected chi connectivity index (χ0v) is 14.8. The van der Waals surface area contributed by atoms with Crippen molar-refractivity contribution < 1.29 is 14.3 Å². The highest BCUT2D eigenvalue weighted by Crippen LogP contribution is 2.21. The van der Waals surface area contributed by atoms with Gasteiger partial charge in [-0.05, 0) is 48.4 Å². The number of carbonyl (C=O) groups is 2. The highest BCUT2D eigenvalue weighted by molar-refractivity contribution is 6.04. The molecule has 0 atom stereocenters. The van der Waals surface area contributed by atoms with Gasteiger partial charge in [-0.2, -0.15) is 0 Å². The van der Waals surface area contributed by atoms with E-state index in [0.717, 1.165) is 6.42 Å². The van der Waals surface area contributed by atoms with Crippen LogP contribution in [0.2, 0.25) is 0 Å². The van der Waals surface area contributed by atoms with Gasteiger partial charge in [-0.25, -0.2) is 4.98 Å². The van der Waals surface area contributed by atoms with Crippen LogP contribution in [0.15, 0.2) is 66.9 Å². The molecule has 27 heavy (non-hydrogen) atoms. The number of rotatable bonds is 6. The number of nitrogens with one attached hydrogen (secondary N) is 1. The normalized spacial score (nSPS) is 10.3. The first-order valence-corrected chi connectivity index (χ1v) is 8.49. The van der Waals surface area contributed by atoms with E-state index in [4.69, 9.17) is 10.5 Å². The Kier molecular flexibility index (Phi) is 5.47. The van der Waals surface area contributed by atoms with Crippen molar-refractivity contribution in [3.8, 4) is 11.6 Å². The number of benzene rings is 2. The number of pyridine rings is 1. The van der Waals surface area contributed by atoms with Gasteiger partial charge in [0.15, 0.2) is 0 Å². The highest BCUT2D eigenvalue weighted by Gasteiger charge is 2.07. The number of nitrogens with two attached hydrogens (primary N) is 1. The molecule has 3 rings (SSSR count). The Labute approximate surface area is 157 Å². The van der Waals surface area contributed by atoms with Gasteiger partial charge in [-0.3, -0.25) is 9.59 Å². The molecule has 3 N–H and O–H groups in total. The first-order valence-electron chi connectivity index (χ1n) is 8.49. The predicted molar refractivity (Wildman–Crippen MR) is 103 cm³/mol. The summed E-state index contributed by atoms with van der Waals surface area (Å²) in [6.45, 7) is 2.06. The number of primary amides is 1. The molecule has 0 spiro atoms. The van der Waals surface area contributed by atoms with Gasteiger partial charge in [0.2, 0.25) is 11.8 Å². The van der Waals surface area contributed by atoms with Gasteiger partial charge < -0.3 is 15.8 Å². The number of nitrogens with zero attached hydrogens (tertiary/aromatic N) is 1. The van der Waals surface area contributed by atoms with Crippen LogP contribution in [0.3, 0.4) is 0 Å². The molecule has 3 aromatic rings. The van der Waals surface area contributed by atoms with Gasteiger partial charge in [-0.15, -0.1) is 0 Å². The van der Waals surface area contributed by atoms with E-state index in [0.29, 0.717) is 28.4 Å². The second kappa shape index (κ2) is 8.14. The number of anilines is 1. The zero-order chi connectivity index (χ0) is 19.2. The molecule has 0 saturated carbocycles. The molecular weight excluding hydrogens is 342 g/mol. The summed E-state index contributed by atoms with van der Waals surface area (Å²) in [5, 5.41) is 2.79. The lowest BCUT2D eigenvalue weighted by Gasteiger charge is -2.08. The van der Waals surface area contributed by atoms with Crippen molar-refractivity contribution in [1.82, 2.24) is 4.98 Å². The Hall–Kier alpha value is -3.67. The Morgan fingerprint density at radius 2 is 1.81 bits per heavy atom. The summed E-state index contributed by atoms with van der Waals surface area (Å²) in [5.41, 5.74) is 7.92. The van der Waals surface area contributed by atoms with Crippen molar-refractivity contribution in [2.75, 3.05) is 5.32 Å². The maximum absolute atomic E-state index is 12.3. The number of aryl methyl sites for hydroxylation is 1. The van der Waals surface area contributed by atoms with E-state index in [9.17, 15) is 9.59 Å². The summed E-state index contributed by atoms with van der Waals surface area (Å²) < 4.78 is 5.61. The van der Waals surface area contributed by atoms with Crippen LogP contribution < -0.4 is 15.8 Å². The van der Waals surface area contributed by atoms with Crippen molar-refractivity contribution >= 4 is 17.5 Å². The van der Waals surface area contributed by atoms with Gasteiger partial charge in [-0.1, -0.05) is 25.1 Å². The van der Waals surface area contributed by atoms with E-state index in [-0.39, 0.29) is 5.91 Å². The van der Waals surface area contributed by atoms with E-state index in [1.165, 1.54) is 11.8 Å². The fourth-order valence-corrected chi connectivity index (χ4v) is 2.44. The third-order valence-electron chi connectivity index (χ3n) is 3.96. The van der Waals surface area contributed by atoms with Crippen LogP contribution >= 0.6 is 0 Å². The fraction of sp³-hybridized carbons (Fsp3) is 0.0952. The first kappa shape index (κ1) is 18.1. The lowest BCUT2D eigenvalue weighted by molar-refractivity contribution is 0.0997. The number of amides is 2. The largest absolute Gasteiger partial charge is 0.439 e. The molecule has 0 fully saturated rings. The molecule has 0 aliphatic heterocycles. The van der Waals surface area contributed by atoms with Gasteiger partial charge in [0.1, 0.15) is 5.75 Å². The minimum atomic E-state index is -0.529. The Morgan fingerprint density at radius 3 is 2.44 bits per heavy atom. The molecule has 0 radical (unpaired) electrons. The number of carbonyl (C=O) groups excluding carboxylic acids is 2. The van der Waals surface area contributed by atoms with Crippen LogP contribution in [0, 0.1) is 0 Å². The summed E-state index contributed by atoms with van der Waals surface area (Å²) in [6, 6.07) is 17.3. The van der Waals surface area contributed by atoms with Crippen LogP contribution in [0.1, 0.15) is 33.2 Å². The summed E-state index contributed by atoms with van der Waals surface area (Å²) >= 11 is 0. The zero-order valence-electron chi connectivity index (χ0n) is 14.8. The van der Waals surface area contributed by atoms with Crippen LogP contribution in [-0.4, -0.2) is 16.8 Å². The smallest absolute Gasteiger partial charge is 0.255 e. The van der Waals surface area contributed by atoms with Crippen molar-refractivity contribution in [3.05, 3.63) is 83.6 Å². The minimum absolute atomic E-state index is 0.206. The lowest BCUT2D eigenvalue weighted by atomic mass is 10.1. The van der Waals surface area contributed by atoms with Crippen LogP contribution in [0.4, 0.5) is 5.69 Å². The molecule has 1 aromatic heterocycles. The predicted octanol–water partition coefficient (Wildman–Crippen LogP) is 3.79. The van der Waals surface area contributed by atoms with Crippen molar-refractivity contribution in [2.45, 2.75) is 13.3 Å². The number of aromatic nitrogens is 1. The quantitative estimate of drug-likeness (QED) is 0.698. The van der Waals surface area contributed by atoms with Gasteiger partial charge in [0, 0.05) is 17.2 Å². The molecular formula is C21H19N3O3. The van der Waals surface area contributed by atoms with E-state index >= 15 is 0 Å². The second-order valence-electron chi connectivity index (χ2n) is 5.88. The molecule has 2 aromatic carbocycles. The third kappa shape index (κ3) is 4.70. The number of hydrogen-bond donors (Lipinski definition) is 2. The third-order valence-corrected chi connectivity index (χ3v) is 3.96. The SMILES string of the molecule is CCc1ccc(C(=O)Nc2ccc(Oc3cccc(C(N)=O)c3)nc2)cc1. The van der Waals surface area contributed by atoms with Gasteiger partial charge in [0.25, 0.3) is 5.91 Å². The molecule has 1 heterocycles. The van der Waals surface area contributed by atoms with Crippen molar-refractivity contribution in [1.29, 1.82) is 0 Å². The van der Waals surface area contributed by atoms with Gasteiger partial charge in [0.05, 0.1) is 11.9 Å². The summed E-state index contributed by atoms with van der Waals surface area (Å²) in [7, 11) is 0. The Morgan fingerprint density at radius 1 is 1.04 bits per heavy atom. The Balaban J connectivity index is 1.65.